The van der Waals surface area contributed by atoms with Crippen LogP contribution in [0.1, 0.15) is 0 Å². The van der Waals surface area contributed by atoms with Gasteiger partial charge in [0.25, 0.3) is 9.05 Å². The van der Waals surface area contributed by atoms with E-state index < -0.39 is 9.05 Å². The Bertz CT molecular complexity index is 640. The van der Waals surface area contributed by atoms with Crippen LogP contribution in [0, 0.1) is 0 Å². The summed E-state index contributed by atoms with van der Waals surface area (Å²) in [4.78, 5) is 13.2. The van der Waals surface area contributed by atoms with Gasteiger partial charge >= 0.3 is 4.87 Å². The second kappa shape index (κ2) is 3.08. The van der Waals surface area contributed by atoms with Crippen molar-refractivity contribution in [2.45, 2.75) is 4.90 Å². The first-order valence-electron chi connectivity index (χ1n) is 3.54. The number of hydrogen-bond acceptors (Lipinski definition) is 4. The summed E-state index contributed by atoms with van der Waals surface area (Å²) in [5.41, 5.74) is 0.488. The first-order valence-corrected chi connectivity index (χ1v) is 6.67. The molecule has 4 nitrogen and oxygen atoms in total. The number of aromatic nitrogens is 1. The fourth-order valence-electron chi connectivity index (χ4n) is 1.08. The molecule has 0 aliphatic rings. The van der Waals surface area contributed by atoms with Crippen molar-refractivity contribution in [2.75, 3.05) is 0 Å². The van der Waals surface area contributed by atoms with Crippen LogP contribution < -0.4 is 4.87 Å². The maximum atomic E-state index is 11.0. The zero-order valence-corrected chi connectivity index (χ0v) is 9.04. The molecular weight excluding hydrogens is 246 g/mol. The predicted molar refractivity (Wildman–Crippen MR) is 55.5 cm³/mol. The third-order valence-corrected chi connectivity index (χ3v) is 3.89. The molecule has 0 unspecified atom stereocenters. The van der Waals surface area contributed by atoms with E-state index in [1.54, 1.807) is 6.07 Å². The van der Waals surface area contributed by atoms with Crippen molar-refractivity contribution >= 4 is 41.3 Å². The van der Waals surface area contributed by atoms with E-state index in [9.17, 15) is 13.2 Å². The molecule has 14 heavy (non-hydrogen) atoms. The topological polar surface area (TPSA) is 67.0 Å². The Balaban J connectivity index is 2.80. The van der Waals surface area contributed by atoms with Gasteiger partial charge in [-0.05, 0) is 18.2 Å². The summed E-state index contributed by atoms with van der Waals surface area (Å²) in [5, 5.41) is 0. The van der Waals surface area contributed by atoms with E-state index in [0.717, 1.165) is 11.3 Å². The molecule has 0 amide bonds. The number of thiazole rings is 1. The number of rotatable bonds is 1. The van der Waals surface area contributed by atoms with Crippen LogP contribution in [0.25, 0.3) is 10.2 Å². The minimum absolute atomic E-state index is 0.0132. The number of fused-ring (bicyclic) bond motifs is 1. The van der Waals surface area contributed by atoms with Crippen LogP contribution in [0.3, 0.4) is 0 Å². The van der Waals surface area contributed by atoms with Gasteiger partial charge in [0.1, 0.15) is 0 Å². The minimum Gasteiger partial charge on any atom is -0.312 e. The van der Waals surface area contributed by atoms with Gasteiger partial charge in [0.05, 0.1) is 15.1 Å². The van der Waals surface area contributed by atoms with E-state index in [1.807, 2.05) is 0 Å². The summed E-state index contributed by atoms with van der Waals surface area (Å²) < 4.78 is 22.6. The zero-order chi connectivity index (χ0) is 10.3. The fraction of sp³-hybridized carbons (Fsp3) is 0. The number of nitrogens with one attached hydrogen (secondary N) is 1. The highest BCUT2D eigenvalue weighted by atomic mass is 35.7. The molecule has 2 aromatic rings. The summed E-state index contributed by atoms with van der Waals surface area (Å²) in [6.45, 7) is 0. The van der Waals surface area contributed by atoms with Gasteiger partial charge in [0, 0.05) is 10.7 Å². The average molecular weight is 250 g/mol. The summed E-state index contributed by atoms with van der Waals surface area (Å²) in [7, 11) is 1.42. The number of aromatic amines is 1. The van der Waals surface area contributed by atoms with E-state index in [-0.39, 0.29) is 9.77 Å². The van der Waals surface area contributed by atoms with Crippen LogP contribution in [0.2, 0.25) is 0 Å². The normalized spacial score (nSPS) is 12.1. The molecule has 7 heteroatoms. The second-order valence-electron chi connectivity index (χ2n) is 2.61. The van der Waals surface area contributed by atoms with Crippen molar-refractivity contribution < 1.29 is 8.42 Å². The van der Waals surface area contributed by atoms with Gasteiger partial charge < -0.3 is 4.98 Å². The Labute approximate surface area is 87.6 Å². The maximum absolute atomic E-state index is 11.0. The van der Waals surface area contributed by atoms with Crippen LogP contribution in [0.15, 0.2) is 27.9 Å². The first-order chi connectivity index (χ1) is 6.47. The van der Waals surface area contributed by atoms with Gasteiger partial charge in [-0.1, -0.05) is 11.3 Å². The zero-order valence-electron chi connectivity index (χ0n) is 6.65. The van der Waals surface area contributed by atoms with Gasteiger partial charge in [-0.3, -0.25) is 4.79 Å². The first kappa shape index (κ1) is 9.70. The molecule has 0 saturated carbocycles. The minimum atomic E-state index is -3.73. The van der Waals surface area contributed by atoms with Crippen molar-refractivity contribution in [3.63, 3.8) is 0 Å². The number of H-pyrrole nitrogens is 1. The van der Waals surface area contributed by atoms with E-state index in [4.69, 9.17) is 10.7 Å². The highest BCUT2D eigenvalue weighted by molar-refractivity contribution is 8.13. The lowest BCUT2D eigenvalue weighted by atomic mass is 10.3. The van der Waals surface area contributed by atoms with Crippen molar-refractivity contribution in [1.82, 2.24) is 4.98 Å². The smallest absolute Gasteiger partial charge is 0.305 e. The number of halogens is 1. The summed E-state index contributed by atoms with van der Waals surface area (Å²) in [5.74, 6) is 0. The summed E-state index contributed by atoms with van der Waals surface area (Å²) in [6, 6.07) is 4.26. The molecule has 0 fully saturated rings. The molecular formula is C7H4ClNO3S2. The van der Waals surface area contributed by atoms with E-state index in [2.05, 4.69) is 4.98 Å². The number of benzene rings is 1. The molecule has 1 N–H and O–H groups in total. The third-order valence-electron chi connectivity index (χ3n) is 1.67. The average Bonchev–Trinajstić information content (AvgIpc) is 2.41. The molecule has 0 aliphatic carbocycles. The van der Waals surface area contributed by atoms with Gasteiger partial charge in [-0.2, -0.15) is 0 Å². The molecule has 0 bridgehead atoms. The van der Waals surface area contributed by atoms with Crippen molar-refractivity contribution in [1.29, 1.82) is 0 Å². The largest absolute Gasteiger partial charge is 0.312 e. The molecule has 0 spiro atoms. The highest BCUT2D eigenvalue weighted by Crippen LogP contribution is 2.21. The Hall–Kier alpha value is -0.850. The van der Waals surface area contributed by atoms with Crippen LogP contribution in [-0.4, -0.2) is 13.4 Å². The SMILES string of the molecule is O=c1[nH]c2cc(S(=O)(=O)Cl)ccc2s1. The quantitative estimate of drug-likeness (QED) is 0.779. The van der Waals surface area contributed by atoms with E-state index in [0.29, 0.717) is 10.2 Å². The van der Waals surface area contributed by atoms with Crippen LogP contribution in [0.4, 0.5) is 0 Å². The molecule has 0 radical (unpaired) electrons. The van der Waals surface area contributed by atoms with Gasteiger partial charge in [0.2, 0.25) is 0 Å². The maximum Gasteiger partial charge on any atom is 0.305 e. The molecule has 1 aromatic carbocycles. The molecule has 1 heterocycles. The molecule has 0 aliphatic heterocycles. The third kappa shape index (κ3) is 1.68. The van der Waals surface area contributed by atoms with Gasteiger partial charge in [-0.15, -0.1) is 0 Å². The van der Waals surface area contributed by atoms with Gasteiger partial charge in [-0.25, -0.2) is 8.42 Å². The molecule has 74 valence electrons. The van der Waals surface area contributed by atoms with Crippen LogP contribution >= 0.6 is 22.0 Å². The number of hydrogen-bond donors (Lipinski definition) is 1. The van der Waals surface area contributed by atoms with Crippen molar-refractivity contribution in [3.05, 3.63) is 27.9 Å². The van der Waals surface area contributed by atoms with E-state index in [1.165, 1.54) is 12.1 Å². The monoisotopic (exact) mass is 249 g/mol. The lowest BCUT2D eigenvalue weighted by molar-refractivity contribution is 0.609. The Morgan fingerprint density at radius 2 is 2.07 bits per heavy atom. The lowest BCUT2D eigenvalue weighted by Gasteiger charge is -1.94. The standard InChI is InChI=1S/C7H4ClNO3S2/c8-14(11,12)4-1-2-6-5(3-4)9-7(10)13-6/h1-3H,(H,9,10). The van der Waals surface area contributed by atoms with Crippen LogP contribution in [0.5, 0.6) is 0 Å². The molecule has 0 saturated heterocycles. The molecule has 1 aromatic heterocycles. The Morgan fingerprint density at radius 1 is 1.36 bits per heavy atom. The molecule has 2 rings (SSSR count). The predicted octanol–water partition coefficient (Wildman–Crippen LogP) is 1.52. The Morgan fingerprint density at radius 3 is 2.71 bits per heavy atom. The summed E-state index contributed by atoms with van der Waals surface area (Å²) >= 11 is 1.02. The van der Waals surface area contributed by atoms with Crippen molar-refractivity contribution in [2.24, 2.45) is 0 Å². The summed E-state index contributed by atoms with van der Waals surface area (Å²) in [6.07, 6.45) is 0. The second-order valence-corrected chi connectivity index (χ2v) is 6.19. The van der Waals surface area contributed by atoms with Crippen LogP contribution in [-0.2, 0) is 9.05 Å². The lowest BCUT2D eigenvalue weighted by Crippen LogP contribution is -1.91. The van der Waals surface area contributed by atoms with E-state index >= 15 is 0 Å². The van der Waals surface area contributed by atoms with Gasteiger partial charge in [0.15, 0.2) is 0 Å². The molecule has 0 atom stereocenters. The Kier molecular flexibility index (Phi) is 2.13. The van der Waals surface area contributed by atoms with Crippen molar-refractivity contribution in [3.8, 4) is 0 Å². The highest BCUT2D eigenvalue weighted by Gasteiger charge is 2.11. The fourth-order valence-corrected chi connectivity index (χ4v) is 2.58.